The Labute approximate surface area is 76.4 Å². The number of aryl methyl sites for hydroxylation is 1. The number of carboxylic acid groups (broad SMARTS) is 1. The number of carboxylic acids is 1. The normalized spacial score (nSPS) is 12.8. The Morgan fingerprint density at radius 2 is 2.38 bits per heavy atom. The van der Waals surface area contributed by atoms with Crippen molar-refractivity contribution >= 4 is 5.97 Å². The van der Waals surface area contributed by atoms with Crippen molar-refractivity contribution in [2.75, 3.05) is 0 Å². The first-order chi connectivity index (χ1) is 6.09. The molecule has 4 nitrogen and oxygen atoms in total. The Hall–Kier alpha value is -1.29. The minimum Gasteiger partial charge on any atom is -0.478 e. The van der Waals surface area contributed by atoms with Gasteiger partial charge in [0.05, 0.1) is 11.7 Å². The molecule has 1 rings (SSSR count). The maximum atomic E-state index is 10.5. The summed E-state index contributed by atoms with van der Waals surface area (Å²) in [6, 6.07) is 1.55. The van der Waals surface area contributed by atoms with Crippen LogP contribution in [-0.2, 0) is 6.54 Å². The highest BCUT2D eigenvalue weighted by Gasteiger charge is 2.04. The van der Waals surface area contributed by atoms with Crippen LogP contribution in [0.4, 0.5) is 0 Å². The average Bonchev–Trinajstić information content (AvgIpc) is 2.48. The molecule has 1 aromatic heterocycles. The molecule has 0 amide bonds. The molecule has 0 aliphatic heterocycles. The second-order valence-corrected chi connectivity index (χ2v) is 3.08. The lowest BCUT2D eigenvalue weighted by atomic mass is 10.3. The third kappa shape index (κ3) is 2.91. The zero-order valence-corrected chi connectivity index (χ0v) is 7.47. The van der Waals surface area contributed by atoms with Crippen molar-refractivity contribution in [3.05, 3.63) is 24.0 Å². The summed E-state index contributed by atoms with van der Waals surface area (Å²) in [7, 11) is 0. The van der Waals surface area contributed by atoms with Crippen LogP contribution >= 0.6 is 0 Å². The molecule has 72 valence electrons. The van der Waals surface area contributed by atoms with Gasteiger partial charge in [-0.2, -0.15) is 0 Å². The number of hydrogen-bond donors (Lipinski definition) is 2. The summed E-state index contributed by atoms with van der Waals surface area (Å²) in [6.45, 7) is 2.35. The second kappa shape index (κ2) is 4.09. The Bertz CT molecular complexity index is 291. The van der Waals surface area contributed by atoms with Crippen LogP contribution < -0.4 is 0 Å². The highest BCUT2D eigenvalue weighted by atomic mass is 16.4. The molecule has 0 bridgehead atoms. The number of aromatic carboxylic acids is 1. The van der Waals surface area contributed by atoms with E-state index in [2.05, 4.69) is 0 Å². The Kier molecular flexibility index (Phi) is 3.08. The summed E-state index contributed by atoms with van der Waals surface area (Å²) in [5, 5.41) is 17.6. The molecule has 0 aliphatic rings. The van der Waals surface area contributed by atoms with Crippen molar-refractivity contribution in [2.24, 2.45) is 0 Å². The highest BCUT2D eigenvalue weighted by Crippen LogP contribution is 2.03. The number of aliphatic hydroxyl groups excluding tert-OH is 1. The van der Waals surface area contributed by atoms with Crippen LogP contribution in [0.3, 0.4) is 0 Å². The van der Waals surface area contributed by atoms with Gasteiger partial charge in [0.25, 0.3) is 0 Å². The van der Waals surface area contributed by atoms with Crippen LogP contribution in [-0.4, -0.2) is 26.9 Å². The Balaban J connectivity index is 2.54. The van der Waals surface area contributed by atoms with Gasteiger partial charge in [0.15, 0.2) is 0 Å². The molecule has 1 atom stereocenters. The van der Waals surface area contributed by atoms with E-state index in [0.29, 0.717) is 13.0 Å². The molecule has 0 saturated carbocycles. The Morgan fingerprint density at radius 3 is 2.85 bits per heavy atom. The fourth-order valence-electron chi connectivity index (χ4n) is 1.04. The smallest absolute Gasteiger partial charge is 0.337 e. The summed E-state index contributed by atoms with van der Waals surface area (Å²) in [6.07, 6.45) is 3.54. The van der Waals surface area contributed by atoms with E-state index >= 15 is 0 Å². The molecular formula is C9H13NO3. The monoisotopic (exact) mass is 183 g/mol. The van der Waals surface area contributed by atoms with Gasteiger partial charge in [-0.1, -0.05) is 0 Å². The van der Waals surface area contributed by atoms with Gasteiger partial charge in [-0.05, 0) is 19.4 Å². The van der Waals surface area contributed by atoms with Crippen LogP contribution in [0, 0.1) is 0 Å². The first-order valence-corrected chi connectivity index (χ1v) is 4.16. The van der Waals surface area contributed by atoms with Crippen LogP contribution in [0.5, 0.6) is 0 Å². The zero-order valence-electron chi connectivity index (χ0n) is 7.47. The van der Waals surface area contributed by atoms with Gasteiger partial charge in [-0.25, -0.2) is 4.79 Å². The molecule has 1 heterocycles. The average molecular weight is 183 g/mol. The minimum atomic E-state index is -0.921. The van der Waals surface area contributed by atoms with Gasteiger partial charge in [-0.15, -0.1) is 0 Å². The topological polar surface area (TPSA) is 62.5 Å². The van der Waals surface area contributed by atoms with E-state index in [1.165, 1.54) is 0 Å². The number of aliphatic hydroxyl groups is 1. The third-order valence-corrected chi connectivity index (χ3v) is 1.80. The maximum absolute atomic E-state index is 10.5. The third-order valence-electron chi connectivity index (χ3n) is 1.80. The largest absolute Gasteiger partial charge is 0.478 e. The summed E-state index contributed by atoms with van der Waals surface area (Å²) < 4.78 is 1.76. The highest BCUT2D eigenvalue weighted by molar-refractivity contribution is 5.87. The first kappa shape index (κ1) is 9.80. The van der Waals surface area contributed by atoms with Gasteiger partial charge in [0.1, 0.15) is 0 Å². The van der Waals surface area contributed by atoms with Crippen molar-refractivity contribution in [3.8, 4) is 0 Å². The molecule has 1 aromatic rings. The van der Waals surface area contributed by atoms with Crippen molar-refractivity contribution in [3.63, 3.8) is 0 Å². The number of hydrogen-bond acceptors (Lipinski definition) is 2. The molecule has 4 heteroatoms. The predicted molar refractivity (Wildman–Crippen MR) is 47.7 cm³/mol. The molecule has 0 spiro atoms. The summed E-state index contributed by atoms with van der Waals surface area (Å²) in [4.78, 5) is 10.5. The van der Waals surface area contributed by atoms with Gasteiger partial charge in [0, 0.05) is 18.9 Å². The molecule has 0 fully saturated rings. The molecule has 0 saturated heterocycles. The molecule has 0 aliphatic carbocycles. The van der Waals surface area contributed by atoms with E-state index in [1.54, 1.807) is 30.0 Å². The van der Waals surface area contributed by atoms with Crippen molar-refractivity contribution in [1.29, 1.82) is 0 Å². The second-order valence-electron chi connectivity index (χ2n) is 3.08. The molecule has 0 radical (unpaired) electrons. The van der Waals surface area contributed by atoms with E-state index in [9.17, 15) is 4.79 Å². The van der Waals surface area contributed by atoms with Crippen LogP contribution in [0.15, 0.2) is 18.5 Å². The molecule has 1 unspecified atom stereocenters. The summed E-state index contributed by atoms with van der Waals surface area (Å²) >= 11 is 0. The van der Waals surface area contributed by atoms with E-state index in [-0.39, 0.29) is 11.7 Å². The fourth-order valence-corrected chi connectivity index (χ4v) is 1.04. The predicted octanol–water partition coefficient (Wildman–Crippen LogP) is 0.957. The van der Waals surface area contributed by atoms with Crippen molar-refractivity contribution in [2.45, 2.75) is 26.0 Å². The Morgan fingerprint density at radius 1 is 1.69 bits per heavy atom. The van der Waals surface area contributed by atoms with Crippen molar-refractivity contribution in [1.82, 2.24) is 4.57 Å². The molecular weight excluding hydrogens is 170 g/mol. The van der Waals surface area contributed by atoms with Crippen LogP contribution in [0.1, 0.15) is 23.7 Å². The molecule has 0 aromatic carbocycles. The van der Waals surface area contributed by atoms with Crippen LogP contribution in [0.25, 0.3) is 0 Å². The molecule has 2 N–H and O–H groups in total. The quantitative estimate of drug-likeness (QED) is 0.730. The number of nitrogens with zero attached hydrogens (tertiary/aromatic N) is 1. The summed E-state index contributed by atoms with van der Waals surface area (Å²) in [5.74, 6) is -0.921. The lowest BCUT2D eigenvalue weighted by Gasteiger charge is -2.04. The molecule has 13 heavy (non-hydrogen) atoms. The van der Waals surface area contributed by atoms with E-state index in [0.717, 1.165) is 0 Å². The van der Waals surface area contributed by atoms with Gasteiger partial charge >= 0.3 is 5.97 Å². The standard InChI is InChI=1S/C9H13NO3/c1-7(11)2-4-10-5-3-8(6-10)9(12)13/h3,5-7,11H,2,4H2,1H3,(H,12,13). The summed E-state index contributed by atoms with van der Waals surface area (Å²) in [5.41, 5.74) is 0.283. The van der Waals surface area contributed by atoms with E-state index < -0.39 is 5.97 Å². The number of rotatable bonds is 4. The minimum absolute atomic E-state index is 0.283. The first-order valence-electron chi connectivity index (χ1n) is 4.16. The number of aromatic nitrogens is 1. The zero-order chi connectivity index (χ0) is 9.84. The van der Waals surface area contributed by atoms with Gasteiger partial charge in [-0.3, -0.25) is 0 Å². The fraction of sp³-hybridized carbons (Fsp3) is 0.444. The van der Waals surface area contributed by atoms with E-state index in [4.69, 9.17) is 10.2 Å². The maximum Gasteiger partial charge on any atom is 0.337 e. The van der Waals surface area contributed by atoms with Gasteiger partial charge in [0.2, 0.25) is 0 Å². The van der Waals surface area contributed by atoms with Crippen LogP contribution in [0.2, 0.25) is 0 Å². The van der Waals surface area contributed by atoms with E-state index in [1.807, 2.05) is 0 Å². The van der Waals surface area contributed by atoms with Gasteiger partial charge < -0.3 is 14.8 Å². The lowest BCUT2D eigenvalue weighted by molar-refractivity contribution is 0.0697. The number of carbonyl (C=O) groups is 1. The van der Waals surface area contributed by atoms with Crippen molar-refractivity contribution < 1.29 is 15.0 Å². The lowest BCUT2D eigenvalue weighted by Crippen LogP contribution is -2.05. The SMILES string of the molecule is CC(O)CCn1ccc(C(=O)O)c1.